The van der Waals surface area contributed by atoms with Gasteiger partial charge >= 0.3 is 6.03 Å². The first-order valence-electron chi connectivity index (χ1n) is 11.0. The average molecular weight is 448 g/mol. The van der Waals surface area contributed by atoms with Crippen LogP contribution in [0.15, 0.2) is 12.1 Å². The van der Waals surface area contributed by atoms with Crippen molar-refractivity contribution in [3.05, 3.63) is 17.7 Å². The third kappa shape index (κ3) is 4.24. The average Bonchev–Trinajstić information content (AvgIpc) is 3.32. The second kappa shape index (κ2) is 8.90. The summed E-state index contributed by atoms with van der Waals surface area (Å²) in [5.74, 6) is 0.828. The number of piperidine rings is 1. The number of hydrogen-bond donors (Lipinski definition) is 1. The minimum Gasteiger partial charge on any atom is -0.494 e. The van der Waals surface area contributed by atoms with Crippen molar-refractivity contribution in [1.82, 2.24) is 9.88 Å². The lowest BCUT2D eigenvalue weighted by molar-refractivity contribution is -0.0353. The summed E-state index contributed by atoms with van der Waals surface area (Å²) >= 11 is 1.48. The van der Waals surface area contributed by atoms with Crippen LogP contribution in [0.2, 0.25) is 0 Å². The van der Waals surface area contributed by atoms with Gasteiger partial charge in [-0.05, 0) is 37.3 Å². The van der Waals surface area contributed by atoms with Gasteiger partial charge in [0.2, 0.25) is 0 Å². The predicted molar refractivity (Wildman–Crippen MR) is 118 cm³/mol. The number of rotatable bonds is 3. The van der Waals surface area contributed by atoms with Crippen LogP contribution in [0.3, 0.4) is 0 Å². The fourth-order valence-electron chi connectivity index (χ4n) is 4.78. The highest BCUT2D eigenvalue weighted by Gasteiger charge is 2.39. The standard InChI is InChI=1S/C22H29N3O5S/c1-27-17-4-3-16(15-13-28-11-12-29-14-15)19-18(17)23-20(31-19)24-21(26)25-8-6-22(7-9-25)5-2-10-30-22/h3-4,15H,2,5-14H2,1H3,(H,23,24,26). The van der Waals surface area contributed by atoms with Gasteiger partial charge in [0.1, 0.15) is 11.3 Å². The molecule has 1 spiro atoms. The smallest absolute Gasteiger partial charge is 0.323 e. The summed E-state index contributed by atoms with van der Waals surface area (Å²) in [5, 5.41) is 3.59. The van der Waals surface area contributed by atoms with E-state index in [9.17, 15) is 4.79 Å². The molecule has 1 aromatic carbocycles. The number of benzene rings is 1. The monoisotopic (exact) mass is 447 g/mol. The molecular weight excluding hydrogens is 418 g/mol. The maximum atomic E-state index is 12.9. The summed E-state index contributed by atoms with van der Waals surface area (Å²) in [6.07, 6.45) is 4.04. The Morgan fingerprint density at radius 1 is 1.19 bits per heavy atom. The molecule has 4 heterocycles. The van der Waals surface area contributed by atoms with Gasteiger partial charge in [0, 0.05) is 25.6 Å². The maximum absolute atomic E-state index is 12.9. The predicted octanol–water partition coefficient (Wildman–Crippen LogP) is 3.61. The van der Waals surface area contributed by atoms with Crippen LogP contribution in [0.1, 0.15) is 37.2 Å². The lowest BCUT2D eigenvalue weighted by Crippen LogP contribution is -2.47. The Labute approximate surface area is 185 Å². The first-order chi connectivity index (χ1) is 15.2. The molecule has 3 saturated heterocycles. The molecule has 2 aromatic rings. The van der Waals surface area contributed by atoms with Crippen LogP contribution in [0, 0.1) is 0 Å². The fraction of sp³-hybridized carbons (Fsp3) is 0.636. The summed E-state index contributed by atoms with van der Waals surface area (Å²) < 4.78 is 23.9. The van der Waals surface area contributed by atoms with Crippen LogP contribution in [0.5, 0.6) is 5.75 Å². The largest absolute Gasteiger partial charge is 0.494 e. The molecule has 0 radical (unpaired) electrons. The molecule has 0 unspecified atom stereocenters. The molecule has 3 aliphatic rings. The maximum Gasteiger partial charge on any atom is 0.323 e. The first kappa shape index (κ1) is 20.9. The highest BCUT2D eigenvalue weighted by Crippen LogP contribution is 2.39. The van der Waals surface area contributed by atoms with Gasteiger partial charge in [-0.25, -0.2) is 9.78 Å². The number of methoxy groups -OCH3 is 1. The molecule has 0 aliphatic carbocycles. The lowest BCUT2D eigenvalue weighted by Gasteiger charge is -2.38. The number of hydrogen-bond acceptors (Lipinski definition) is 7. The van der Waals surface area contributed by atoms with Crippen molar-refractivity contribution in [2.45, 2.75) is 37.2 Å². The van der Waals surface area contributed by atoms with Crippen molar-refractivity contribution < 1.29 is 23.7 Å². The second-order valence-corrected chi connectivity index (χ2v) is 9.45. The number of likely N-dealkylation sites (tertiary alicyclic amines) is 1. The zero-order valence-corrected chi connectivity index (χ0v) is 18.7. The minimum absolute atomic E-state index is 0.00222. The van der Waals surface area contributed by atoms with Crippen molar-refractivity contribution >= 4 is 32.7 Å². The lowest BCUT2D eigenvalue weighted by atomic mass is 9.89. The normalized spacial score (nSPS) is 22.0. The van der Waals surface area contributed by atoms with Crippen LogP contribution >= 0.6 is 11.3 Å². The molecule has 1 aromatic heterocycles. The van der Waals surface area contributed by atoms with Crippen molar-refractivity contribution in [1.29, 1.82) is 0 Å². The number of ether oxygens (including phenoxy) is 4. The fourth-order valence-corrected chi connectivity index (χ4v) is 5.84. The van der Waals surface area contributed by atoms with Crippen molar-refractivity contribution in [3.8, 4) is 5.75 Å². The molecule has 1 N–H and O–H groups in total. The SMILES string of the molecule is COc1ccc(C2COCCOC2)c2sc(NC(=O)N3CCC4(CCCO4)CC3)nc12. The minimum atomic E-state index is -0.103. The van der Waals surface area contributed by atoms with Gasteiger partial charge in [0.15, 0.2) is 5.13 Å². The van der Waals surface area contributed by atoms with Crippen LogP contribution in [-0.4, -0.2) is 74.7 Å². The number of nitrogens with zero attached hydrogens (tertiary/aromatic N) is 2. The molecular formula is C22H29N3O5S. The highest BCUT2D eigenvalue weighted by molar-refractivity contribution is 7.22. The Bertz CT molecular complexity index is 925. The van der Waals surface area contributed by atoms with E-state index in [-0.39, 0.29) is 17.6 Å². The van der Waals surface area contributed by atoms with Crippen molar-refractivity contribution in [3.63, 3.8) is 0 Å². The molecule has 9 heteroatoms. The van der Waals surface area contributed by atoms with Gasteiger partial charge in [0.05, 0.1) is 43.8 Å². The number of anilines is 1. The number of nitrogens with one attached hydrogen (secondary N) is 1. The highest BCUT2D eigenvalue weighted by atomic mass is 32.1. The summed E-state index contributed by atoms with van der Waals surface area (Å²) in [5.41, 5.74) is 1.88. The number of thiazole rings is 1. The van der Waals surface area contributed by atoms with Crippen molar-refractivity contribution in [2.24, 2.45) is 0 Å². The van der Waals surface area contributed by atoms with Gasteiger partial charge in [-0.2, -0.15) is 0 Å². The van der Waals surface area contributed by atoms with Gasteiger partial charge in [-0.1, -0.05) is 17.4 Å². The van der Waals surface area contributed by atoms with Crippen LogP contribution in [-0.2, 0) is 14.2 Å². The van der Waals surface area contributed by atoms with E-state index in [4.69, 9.17) is 23.9 Å². The van der Waals surface area contributed by atoms with Crippen molar-refractivity contribution in [2.75, 3.05) is 58.6 Å². The Balaban J connectivity index is 1.34. The van der Waals surface area contributed by atoms with E-state index in [2.05, 4.69) is 11.4 Å². The van der Waals surface area contributed by atoms with Gasteiger partial charge < -0.3 is 23.8 Å². The van der Waals surface area contributed by atoms with Gasteiger partial charge in [-0.15, -0.1) is 0 Å². The van der Waals surface area contributed by atoms with E-state index < -0.39 is 0 Å². The number of urea groups is 1. The topological polar surface area (TPSA) is 82.2 Å². The molecule has 0 bridgehead atoms. The van der Waals surface area contributed by atoms with Gasteiger partial charge in [-0.3, -0.25) is 5.32 Å². The molecule has 31 heavy (non-hydrogen) atoms. The van der Waals surface area contributed by atoms with E-state index in [1.165, 1.54) is 11.3 Å². The molecule has 2 amide bonds. The summed E-state index contributed by atoms with van der Waals surface area (Å²) in [7, 11) is 1.64. The second-order valence-electron chi connectivity index (χ2n) is 8.45. The van der Waals surface area contributed by atoms with Crippen LogP contribution in [0.4, 0.5) is 9.93 Å². The third-order valence-corrected chi connectivity index (χ3v) is 7.59. The number of fused-ring (bicyclic) bond motifs is 1. The molecule has 0 saturated carbocycles. The Kier molecular flexibility index (Phi) is 6.01. The number of carbonyl (C=O) groups excluding carboxylic acids is 1. The molecule has 5 rings (SSSR count). The van der Waals surface area contributed by atoms with Crippen LogP contribution in [0.25, 0.3) is 10.2 Å². The number of carbonyl (C=O) groups is 1. The Morgan fingerprint density at radius 3 is 2.65 bits per heavy atom. The van der Waals surface area contributed by atoms with E-state index in [1.807, 2.05) is 11.0 Å². The summed E-state index contributed by atoms with van der Waals surface area (Å²) in [6.45, 7) is 4.71. The number of aromatic nitrogens is 1. The Hall–Kier alpha value is -1.94. The van der Waals surface area contributed by atoms with E-state index in [0.29, 0.717) is 50.4 Å². The molecule has 0 atom stereocenters. The molecule has 8 nitrogen and oxygen atoms in total. The molecule has 168 valence electrons. The molecule has 3 aliphatic heterocycles. The van der Waals surface area contributed by atoms with E-state index in [1.54, 1.807) is 7.11 Å². The summed E-state index contributed by atoms with van der Waals surface area (Å²) in [4.78, 5) is 19.5. The quantitative estimate of drug-likeness (QED) is 0.774. The zero-order valence-electron chi connectivity index (χ0n) is 17.9. The van der Waals surface area contributed by atoms with E-state index in [0.717, 1.165) is 48.1 Å². The third-order valence-electron chi connectivity index (χ3n) is 6.57. The first-order valence-corrected chi connectivity index (χ1v) is 11.8. The number of amides is 2. The zero-order chi connectivity index (χ0) is 21.3. The van der Waals surface area contributed by atoms with Crippen LogP contribution < -0.4 is 10.1 Å². The summed E-state index contributed by atoms with van der Waals surface area (Å²) in [6, 6.07) is 3.88. The Morgan fingerprint density at radius 2 is 1.97 bits per heavy atom. The van der Waals surface area contributed by atoms with E-state index >= 15 is 0 Å². The van der Waals surface area contributed by atoms with Gasteiger partial charge in [0.25, 0.3) is 0 Å². The molecule has 3 fully saturated rings.